The molecule has 18 heavy (non-hydrogen) atoms. The Morgan fingerprint density at radius 3 is 2.67 bits per heavy atom. The summed E-state index contributed by atoms with van der Waals surface area (Å²) in [5, 5.41) is 21.3. The maximum absolute atomic E-state index is 11.4. The van der Waals surface area contributed by atoms with Crippen molar-refractivity contribution in [3.8, 4) is 0 Å². The molecule has 102 valence electrons. The van der Waals surface area contributed by atoms with Crippen LogP contribution >= 0.6 is 0 Å². The Balaban J connectivity index is 2.77. The van der Waals surface area contributed by atoms with E-state index in [9.17, 15) is 15.0 Å². The van der Waals surface area contributed by atoms with Crippen molar-refractivity contribution in [2.45, 2.75) is 25.8 Å². The number of ether oxygens (including phenoxy) is 1. The lowest BCUT2D eigenvalue weighted by molar-refractivity contribution is 0.0519. The number of oxazole rings is 1. The molecule has 0 fully saturated rings. The molecule has 0 aliphatic carbocycles. The van der Waals surface area contributed by atoms with Crippen molar-refractivity contribution in [1.82, 2.24) is 4.98 Å². The van der Waals surface area contributed by atoms with Gasteiger partial charge in [0, 0.05) is 0 Å². The van der Waals surface area contributed by atoms with Crippen molar-refractivity contribution in [3.05, 3.63) is 12.0 Å². The highest BCUT2D eigenvalue weighted by Gasteiger charge is 2.28. The average Bonchev–Trinajstić information content (AvgIpc) is 2.85. The van der Waals surface area contributed by atoms with Crippen LogP contribution in [0.2, 0.25) is 0 Å². The molecule has 0 amide bonds. The number of nitrogens with one attached hydrogen (secondary N) is 1. The zero-order valence-corrected chi connectivity index (χ0v) is 10.5. The van der Waals surface area contributed by atoms with Crippen LogP contribution in [0.15, 0.2) is 10.7 Å². The molecular formula is C11H18N2O5. The minimum absolute atomic E-state index is 0.0419. The molecule has 0 aliphatic heterocycles. The Labute approximate surface area is 105 Å². The lowest BCUT2D eigenvalue weighted by Crippen LogP contribution is -2.45. The van der Waals surface area contributed by atoms with Gasteiger partial charge < -0.3 is 24.7 Å². The van der Waals surface area contributed by atoms with Crippen LogP contribution in [0.3, 0.4) is 0 Å². The van der Waals surface area contributed by atoms with Crippen molar-refractivity contribution in [1.29, 1.82) is 0 Å². The summed E-state index contributed by atoms with van der Waals surface area (Å²) in [4.78, 5) is 15.2. The third-order valence-electron chi connectivity index (χ3n) is 2.64. The second-order valence-corrected chi connectivity index (χ2v) is 3.83. The Morgan fingerprint density at radius 1 is 1.50 bits per heavy atom. The first-order chi connectivity index (χ1) is 8.60. The largest absolute Gasteiger partial charge is 0.461 e. The molecule has 0 aromatic carbocycles. The van der Waals surface area contributed by atoms with Gasteiger partial charge in [-0.2, -0.15) is 4.98 Å². The molecule has 0 spiro atoms. The van der Waals surface area contributed by atoms with Crippen LogP contribution in [0.5, 0.6) is 0 Å². The lowest BCUT2D eigenvalue weighted by atomic mass is 9.99. The fraction of sp³-hybridized carbons (Fsp3) is 0.636. The van der Waals surface area contributed by atoms with Gasteiger partial charge in [0.15, 0.2) is 5.69 Å². The number of aromatic nitrogens is 1. The van der Waals surface area contributed by atoms with E-state index in [0.717, 1.165) is 6.26 Å². The van der Waals surface area contributed by atoms with E-state index in [-0.39, 0.29) is 31.5 Å². The van der Waals surface area contributed by atoms with Gasteiger partial charge in [0.05, 0.1) is 25.4 Å². The molecular weight excluding hydrogens is 240 g/mol. The molecule has 7 heteroatoms. The predicted molar refractivity (Wildman–Crippen MR) is 63.3 cm³/mol. The lowest BCUT2D eigenvalue weighted by Gasteiger charge is -2.28. The van der Waals surface area contributed by atoms with Crippen molar-refractivity contribution >= 4 is 12.0 Å². The number of carbonyl (C=O) groups excluding carboxylic acids is 1. The molecule has 1 aromatic heterocycles. The summed E-state index contributed by atoms with van der Waals surface area (Å²) in [6.07, 6.45) is 1.63. The predicted octanol–water partition coefficient (Wildman–Crippen LogP) is 0.397. The van der Waals surface area contributed by atoms with Gasteiger partial charge in [-0.3, -0.25) is 0 Å². The molecule has 0 aliphatic rings. The minimum atomic E-state index is -0.920. The van der Waals surface area contributed by atoms with Gasteiger partial charge in [0.2, 0.25) is 0 Å². The fourth-order valence-corrected chi connectivity index (χ4v) is 1.30. The van der Waals surface area contributed by atoms with Crippen LogP contribution in [0.1, 0.15) is 30.8 Å². The Kier molecular flexibility index (Phi) is 5.11. The maximum Gasteiger partial charge on any atom is 0.360 e. The molecule has 1 aromatic rings. The molecule has 1 rings (SSSR count). The Bertz CT molecular complexity index is 378. The van der Waals surface area contributed by atoms with Gasteiger partial charge in [0.1, 0.15) is 6.26 Å². The zero-order chi connectivity index (χ0) is 13.6. The van der Waals surface area contributed by atoms with E-state index in [1.165, 1.54) is 0 Å². The second kappa shape index (κ2) is 6.36. The van der Waals surface area contributed by atoms with E-state index in [0.29, 0.717) is 6.42 Å². The monoisotopic (exact) mass is 258 g/mol. The molecule has 7 nitrogen and oxygen atoms in total. The van der Waals surface area contributed by atoms with Crippen molar-refractivity contribution in [2.24, 2.45) is 0 Å². The molecule has 0 saturated heterocycles. The summed E-state index contributed by atoms with van der Waals surface area (Å²) >= 11 is 0. The first kappa shape index (κ1) is 14.5. The van der Waals surface area contributed by atoms with Gasteiger partial charge in [0.25, 0.3) is 6.01 Å². The van der Waals surface area contributed by atoms with Crippen LogP contribution in [-0.4, -0.2) is 46.5 Å². The highest BCUT2D eigenvalue weighted by atomic mass is 16.5. The first-order valence-corrected chi connectivity index (χ1v) is 5.73. The Morgan fingerprint density at radius 2 is 2.17 bits per heavy atom. The van der Waals surface area contributed by atoms with Crippen LogP contribution in [0.25, 0.3) is 0 Å². The number of hydrogen-bond acceptors (Lipinski definition) is 7. The van der Waals surface area contributed by atoms with Gasteiger partial charge >= 0.3 is 5.97 Å². The van der Waals surface area contributed by atoms with E-state index in [1.54, 1.807) is 13.8 Å². The number of anilines is 1. The number of rotatable bonds is 7. The van der Waals surface area contributed by atoms with Gasteiger partial charge in [-0.05, 0) is 13.3 Å². The van der Waals surface area contributed by atoms with Crippen LogP contribution < -0.4 is 5.32 Å². The Hall–Kier alpha value is -1.60. The molecule has 0 atom stereocenters. The molecule has 1 heterocycles. The number of hydrogen-bond donors (Lipinski definition) is 3. The van der Waals surface area contributed by atoms with Crippen molar-refractivity contribution in [3.63, 3.8) is 0 Å². The summed E-state index contributed by atoms with van der Waals surface area (Å²) < 4.78 is 9.81. The minimum Gasteiger partial charge on any atom is -0.461 e. The summed E-state index contributed by atoms with van der Waals surface area (Å²) in [5.74, 6) is -0.579. The molecule has 0 unspecified atom stereocenters. The van der Waals surface area contributed by atoms with Gasteiger partial charge in [-0.15, -0.1) is 0 Å². The highest BCUT2D eigenvalue weighted by molar-refractivity contribution is 5.87. The third-order valence-corrected chi connectivity index (χ3v) is 2.64. The third kappa shape index (κ3) is 3.21. The zero-order valence-electron chi connectivity index (χ0n) is 10.5. The van der Waals surface area contributed by atoms with Crippen LogP contribution in [-0.2, 0) is 4.74 Å². The molecule has 3 N–H and O–H groups in total. The van der Waals surface area contributed by atoms with E-state index in [2.05, 4.69) is 10.3 Å². The quantitative estimate of drug-likeness (QED) is 0.608. The number of aliphatic hydroxyl groups is 2. The van der Waals surface area contributed by atoms with Crippen molar-refractivity contribution in [2.75, 3.05) is 25.1 Å². The molecule has 0 radical (unpaired) electrons. The van der Waals surface area contributed by atoms with Crippen molar-refractivity contribution < 1.29 is 24.2 Å². The first-order valence-electron chi connectivity index (χ1n) is 5.73. The van der Waals surface area contributed by atoms with Gasteiger partial charge in [-0.25, -0.2) is 4.79 Å². The number of nitrogens with zero attached hydrogens (tertiary/aromatic N) is 1. The average molecular weight is 258 g/mol. The number of esters is 1. The van der Waals surface area contributed by atoms with E-state index in [4.69, 9.17) is 9.15 Å². The van der Waals surface area contributed by atoms with E-state index < -0.39 is 11.5 Å². The number of aliphatic hydroxyl groups excluding tert-OH is 2. The summed E-state index contributed by atoms with van der Waals surface area (Å²) in [5.41, 5.74) is -0.878. The fourth-order valence-electron chi connectivity index (χ4n) is 1.30. The molecule has 0 saturated carbocycles. The van der Waals surface area contributed by atoms with Gasteiger partial charge in [-0.1, -0.05) is 6.92 Å². The second-order valence-electron chi connectivity index (χ2n) is 3.83. The highest BCUT2D eigenvalue weighted by Crippen LogP contribution is 2.18. The summed E-state index contributed by atoms with van der Waals surface area (Å²) in [7, 11) is 0. The maximum atomic E-state index is 11.4. The van der Waals surface area contributed by atoms with Crippen LogP contribution in [0.4, 0.5) is 6.01 Å². The van der Waals surface area contributed by atoms with E-state index >= 15 is 0 Å². The number of carbonyl (C=O) groups is 1. The standard InChI is InChI=1S/C11H18N2O5/c1-3-11(6-14,7-15)13-10-12-8(5-18-10)9(16)17-4-2/h5,14-15H,3-4,6-7H2,1-2H3,(H,12,13). The summed E-state index contributed by atoms with van der Waals surface area (Å²) in [6.45, 7) is 3.18. The smallest absolute Gasteiger partial charge is 0.360 e. The normalized spacial score (nSPS) is 11.3. The SMILES string of the molecule is CCOC(=O)c1coc(NC(CC)(CO)CO)n1. The van der Waals surface area contributed by atoms with Crippen LogP contribution in [0, 0.1) is 0 Å². The molecule has 0 bridgehead atoms. The topological polar surface area (TPSA) is 105 Å². The van der Waals surface area contributed by atoms with E-state index in [1.807, 2.05) is 0 Å². The summed E-state index contributed by atoms with van der Waals surface area (Å²) in [6, 6.07) is 0.0583.